The van der Waals surface area contributed by atoms with Crippen molar-refractivity contribution in [3.05, 3.63) is 69.0 Å². The highest BCUT2D eigenvalue weighted by Crippen LogP contribution is 2.38. The first-order chi connectivity index (χ1) is 20.5. The van der Waals surface area contributed by atoms with E-state index >= 15 is 4.39 Å². The second kappa shape index (κ2) is 11.2. The number of amides is 1. The molecule has 0 fully saturated rings. The van der Waals surface area contributed by atoms with Crippen LogP contribution >= 0.6 is 22.9 Å². The standard InChI is InChI=1S/C30H29ClFN5O5S2/c1-14(2)21-24(15(3)11-12-33-21)37-26-17(20(31)25(27(37)38)44(7,40)41)13-18(32)22(34-26)16-9-8-10-19-23(16)35-28(43-19)36-29(39)42-30(4,5)6/h8-14H,1-7H3,(H,35,36,39). The lowest BCUT2D eigenvalue weighted by molar-refractivity contribution is 0.0636. The molecule has 0 bridgehead atoms. The lowest BCUT2D eigenvalue weighted by Gasteiger charge is -2.20. The second-order valence-electron chi connectivity index (χ2n) is 11.6. The minimum absolute atomic E-state index is 0.0545. The predicted molar refractivity (Wildman–Crippen MR) is 171 cm³/mol. The van der Waals surface area contributed by atoms with E-state index in [0.717, 1.165) is 28.2 Å². The number of sulfone groups is 1. The summed E-state index contributed by atoms with van der Waals surface area (Å²) >= 11 is 7.68. The van der Waals surface area contributed by atoms with Crippen molar-refractivity contribution in [2.75, 3.05) is 11.6 Å². The number of nitrogens with zero attached hydrogens (tertiary/aromatic N) is 4. The Balaban J connectivity index is 1.83. The summed E-state index contributed by atoms with van der Waals surface area (Å²) in [7, 11) is -4.14. The minimum Gasteiger partial charge on any atom is -0.444 e. The maximum Gasteiger partial charge on any atom is 0.413 e. The van der Waals surface area contributed by atoms with Gasteiger partial charge in [-0.1, -0.05) is 48.9 Å². The second-order valence-corrected chi connectivity index (χ2v) is 14.9. The molecule has 0 radical (unpaired) electrons. The fourth-order valence-corrected chi connectivity index (χ4v) is 7.17. The number of pyridine rings is 3. The monoisotopic (exact) mass is 657 g/mol. The van der Waals surface area contributed by atoms with Crippen molar-refractivity contribution in [3.63, 3.8) is 0 Å². The van der Waals surface area contributed by atoms with E-state index in [1.807, 2.05) is 13.8 Å². The van der Waals surface area contributed by atoms with Crippen LogP contribution in [-0.2, 0) is 14.6 Å². The number of aryl methyl sites for hydroxylation is 1. The molecule has 0 aliphatic rings. The highest BCUT2D eigenvalue weighted by atomic mass is 35.5. The minimum atomic E-state index is -4.14. The van der Waals surface area contributed by atoms with Crippen LogP contribution in [0.5, 0.6) is 0 Å². The van der Waals surface area contributed by atoms with E-state index in [9.17, 15) is 18.0 Å². The maximum atomic E-state index is 16.0. The van der Waals surface area contributed by atoms with Gasteiger partial charge in [-0.15, -0.1) is 0 Å². The number of benzene rings is 1. The number of fused-ring (bicyclic) bond motifs is 2. The highest BCUT2D eigenvalue weighted by Gasteiger charge is 2.29. The summed E-state index contributed by atoms with van der Waals surface area (Å²) in [5, 5.41) is 2.34. The first-order valence-corrected chi connectivity index (χ1v) is 16.6. The summed E-state index contributed by atoms with van der Waals surface area (Å²) in [5.41, 5.74) is 0.251. The molecular formula is C30H29ClFN5O5S2. The molecule has 10 nitrogen and oxygen atoms in total. The number of nitrogens with one attached hydrogen (secondary N) is 1. The van der Waals surface area contributed by atoms with Crippen LogP contribution in [0.3, 0.4) is 0 Å². The van der Waals surface area contributed by atoms with Gasteiger partial charge in [-0.3, -0.25) is 19.7 Å². The van der Waals surface area contributed by atoms with Crippen molar-refractivity contribution in [2.24, 2.45) is 0 Å². The molecule has 4 heterocycles. The molecule has 0 spiro atoms. The molecule has 44 heavy (non-hydrogen) atoms. The van der Waals surface area contributed by atoms with Gasteiger partial charge in [0, 0.05) is 23.4 Å². The Hall–Kier alpha value is -3.94. The van der Waals surface area contributed by atoms with Crippen LogP contribution in [0.2, 0.25) is 5.02 Å². The first kappa shape index (κ1) is 31.5. The molecule has 5 aromatic rings. The highest BCUT2D eigenvalue weighted by molar-refractivity contribution is 7.90. The number of ether oxygens (including phenoxy) is 1. The van der Waals surface area contributed by atoms with Gasteiger partial charge in [0.05, 0.1) is 26.6 Å². The van der Waals surface area contributed by atoms with Gasteiger partial charge >= 0.3 is 6.09 Å². The topological polar surface area (TPSA) is 133 Å². The van der Waals surface area contributed by atoms with Crippen molar-refractivity contribution in [3.8, 4) is 16.9 Å². The molecule has 1 aromatic carbocycles. The van der Waals surface area contributed by atoms with Crippen LogP contribution in [-0.4, -0.2) is 45.9 Å². The Bertz CT molecular complexity index is 2150. The number of halogens is 2. The lowest BCUT2D eigenvalue weighted by Crippen LogP contribution is -2.28. The van der Waals surface area contributed by atoms with E-state index in [-0.39, 0.29) is 33.3 Å². The fraction of sp³-hybridized carbons (Fsp3) is 0.300. The van der Waals surface area contributed by atoms with Crippen LogP contribution in [0.4, 0.5) is 14.3 Å². The van der Waals surface area contributed by atoms with E-state index in [0.29, 0.717) is 27.2 Å². The fourth-order valence-electron chi connectivity index (χ4n) is 4.81. The van der Waals surface area contributed by atoms with Crippen LogP contribution in [0.1, 0.15) is 51.8 Å². The summed E-state index contributed by atoms with van der Waals surface area (Å²) in [5.74, 6) is -0.984. The van der Waals surface area contributed by atoms with E-state index < -0.39 is 42.8 Å². The van der Waals surface area contributed by atoms with Crippen molar-refractivity contribution in [2.45, 2.75) is 58.0 Å². The maximum absolute atomic E-state index is 16.0. The molecular weight excluding hydrogens is 629 g/mol. The van der Waals surface area contributed by atoms with Gasteiger partial charge in [0.25, 0.3) is 5.56 Å². The van der Waals surface area contributed by atoms with Crippen molar-refractivity contribution >= 4 is 65.2 Å². The Morgan fingerprint density at radius 2 is 1.89 bits per heavy atom. The number of hydrogen-bond donors (Lipinski definition) is 1. The van der Waals surface area contributed by atoms with Gasteiger partial charge in [-0.25, -0.2) is 27.6 Å². The molecule has 1 amide bonds. The average molecular weight is 658 g/mol. The molecule has 4 aromatic heterocycles. The number of carbonyl (C=O) groups excluding carboxylic acids is 1. The van der Waals surface area contributed by atoms with Crippen LogP contribution in [0.15, 0.2) is 46.2 Å². The molecule has 0 atom stereocenters. The summed E-state index contributed by atoms with van der Waals surface area (Å²) in [4.78, 5) is 39.3. The summed E-state index contributed by atoms with van der Waals surface area (Å²) in [6, 6.07) is 7.81. The molecule has 14 heteroatoms. The largest absolute Gasteiger partial charge is 0.444 e. The van der Waals surface area contributed by atoms with Gasteiger partial charge in [0.2, 0.25) is 0 Å². The molecule has 0 saturated heterocycles. The van der Waals surface area contributed by atoms with Crippen LogP contribution < -0.4 is 10.9 Å². The van der Waals surface area contributed by atoms with Gasteiger partial charge in [-0.2, -0.15) is 0 Å². The molecule has 0 aliphatic heterocycles. The van der Waals surface area contributed by atoms with Crippen molar-refractivity contribution in [1.82, 2.24) is 19.5 Å². The number of aromatic nitrogens is 4. The van der Waals surface area contributed by atoms with E-state index in [1.165, 1.54) is 0 Å². The molecule has 0 saturated carbocycles. The molecule has 1 N–H and O–H groups in total. The Labute approximate surface area is 261 Å². The first-order valence-electron chi connectivity index (χ1n) is 13.5. The zero-order chi connectivity index (χ0) is 32.3. The number of thiazole rings is 1. The van der Waals surface area contributed by atoms with Crippen molar-refractivity contribution < 1.29 is 22.3 Å². The molecule has 5 rings (SSSR count). The summed E-state index contributed by atoms with van der Waals surface area (Å²) in [6.07, 6.45) is 1.77. The van der Waals surface area contributed by atoms with Gasteiger partial charge in [0.1, 0.15) is 22.8 Å². The van der Waals surface area contributed by atoms with Gasteiger partial charge < -0.3 is 4.74 Å². The lowest BCUT2D eigenvalue weighted by atomic mass is 10.0. The molecule has 0 unspecified atom stereocenters. The Kier molecular flexibility index (Phi) is 8.02. The zero-order valence-corrected chi connectivity index (χ0v) is 27.3. The van der Waals surface area contributed by atoms with Crippen LogP contribution in [0.25, 0.3) is 38.2 Å². The summed E-state index contributed by atoms with van der Waals surface area (Å²) in [6.45, 7) is 10.7. The normalized spacial score (nSPS) is 12.3. The Morgan fingerprint density at radius 1 is 1.18 bits per heavy atom. The molecule has 0 aliphatic carbocycles. The smallest absolute Gasteiger partial charge is 0.413 e. The summed E-state index contributed by atoms with van der Waals surface area (Å²) < 4.78 is 48.7. The molecule has 230 valence electrons. The van der Waals surface area contributed by atoms with Gasteiger partial charge in [0.15, 0.2) is 19.9 Å². The van der Waals surface area contributed by atoms with E-state index in [2.05, 4.69) is 20.3 Å². The number of rotatable bonds is 5. The third-order valence-corrected chi connectivity index (χ3v) is 9.14. The predicted octanol–water partition coefficient (Wildman–Crippen LogP) is 7.03. The number of anilines is 1. The third-order valence-electron chi connectivity index (χ3n) is 6.58. The van der Waals surface area contributed by atoms with E-state index in [1.54, 1.807) is 58.2 Å². The number of para-hydroxylation sites is 1. The van der Waals surface area contributed by atoms with E-state index in [4.69, 9.17) is 16.3 Å². The number of carbonyl (C=O) groups is 1. The SMILES string of the molecule is Cc1ccnc(C(C)C)c1-n1c(=O)c(S(C)(=O)=O)c(Cl)c2cc(F)c(-c3cccc4sc(NC(=O)OC(C)(C)C)nc34)nc21. The number of hydrogen-bond acceptors (Lipinski definition) is 9. The van der Waals surface area contributed by atoms with Crippen LogP contribution in [0, 0.1) is 12.7 Å². The van der Waals surface area contributed by atoms with Gasteiger partial charge in [-0.05, 0) is 57.4 Å². The quantitative estimate of drug-likeness (QED) is 0.213. The zero-order valence-electron chi connectivity index (χ0n) is 24.9. The third kappa shape index (κ3) is 5.78. The Morgan fingerprint density at radius 3 is 2.52 bits per heavy atom. The van der Waals surface area contributed by atoms with Crippen molar-refractivity contribution in [1.29, 1.82) is 0 Å². The average Bonchev–Trinajstić information content (AvgIpc) is 3.30.